The molecule has 8 nitrogen and oxygen atoms in total. The molecular formula is C25H25ClN6O2S. The summed E-state index contributed by atoms with van der Waals surface area (Å²) in [5.74, 6) is 1.64. The number of fused-ring (bicyclic) bond motifs is 1. The van der Waals surface area contributed by atoms with Crippen molar-refractivity contribution < 1.29 is 9.53 Å². The minimum atomic E-state index is -0.0767. The van der Waals surface area contributed by atoms with E-state index in [2.05, 4.69) is 15.4 Å². The molecule has 10 heteroatoms. The lowest BCUT2D eigenvalue weighted by Gasteiger charge is -2.15. The molecule has 0 fully saturated rings. The number of hydrogen-bond acceptors (Lipinski definition) is 8. The van der Waals surface area contributed by atoms with Crippen LogP contribution in [0.25, 0.3) is 11.0 Å². The van der Waals surface area contributed by atoms with Crippen LogP contribution in [0.2, 0.25) is 5.02 Å². The molecule has 180 valence electrons. The second kappa shape index (κ2) is 11.3. The summed E-state index contributed by atoms with van der Waals surface area (Å²) >= 11 is 7.77. The fourth-order valence-electron chi connectivity index (χ4n) is 3.25. The molecule has 0 bridgehead atoms. The molecule has 0 saturated carbocycles. The van der Waals surface area contributed by atoms with Gasteiger partial charge in [-0.25, -0.2) is 9.97 Å². The summed E-state index contributed by atoms with van der Waals surface area (Å²) in [6, 6.07) is 20.6. The van der Waals surface area contributed by atoms with Crippen molar-refractivity contribution in [3.63, 3.8) is 0 Å². The molecule has 1 aromatic heterocycles. The van der Waals surface area contributed by atoms with E-state index in [1.807, 2.05) is 67.5 Å². The lowest BCUT2D eigenvalue weighted by Crippen LogP contribution is -2.27. The van der Waals surface area contributed by atoms with Gasteiger partial charge in [0.15, 0.2) is 11.6 Å². The number of amides is 1. The fraction of sp³-hybridized carbons (Fsp3) is 0.160. The number of nitrogens with one attached hydrogen (secondary N) is 3. The van der Waals surface area contributed by atoms with Crippen LogP contribution in [0, 0.1) is 0 Å². The molecule has 0 spiro atoms. The van der Waals surface area contributed by atoms with Crippen LogP contribution in [-0.4, -0.2) is 48.5 Å². The summed E-state index contributed by atoms with van der Waals surface area (Å²) in [5.41, 5.74) is 2.86. The molecule has 0 saturated heterocycles. The Morgan fingerprint density at radius 3 is 2.46 bits per heavy atom. The minimum Gasteiger partial charge on any atom is -0.497 e. The molecule has 4 rings (SSSR count). The second-order valence-corrected chi connectivity index (χ2v) is 9.19. The molecule has 0 radical (unpaired) electrons. The van der Waals surface area contributed by atoms with Gasteiger partial charge in [0.25, 0.3) is 0 Å². The fourth-order valence-corrected chi connectivity index (χ4v) is 4.10. The molecule has 1 amide bonds. The van der Waals surface area contributed by atoms with Crippen LogP contribution in [0.15, 0.2) is 71.6 Å². The number of anilines is 4. The number of carbonyl (C=O) groups is 1. The molecular weight excluding hydrogens is 484 g/mol. The summed E-state index contributed by atoms with van der Waals surface area (Å²) in [5, 5.41) is 6.71. The number of rotatable bonds is 9. The normalized spacial score (nSPS) is 10.9. The summed E-state index contributed by atoms with van der Waals surface area (Å²) in [6.07, 6.45) is 0. The first kappa shape index (κ1) is 24.6. The van der Waals surface area contributed by atoms with Gasteiger partial charge in [-0.05, 0) is 68.5 Å². The Hall–Kier alpha value is -3.53. The maximum absolute atomic E-state index is 12.1. The van der Waals surface area contributed by atoms with Crippen molar-refractivity contribution in [3.8, 4) is 5.75 Å². The third-order valence-electron chi connectivity index (χ3n) is 4.84. The second-order valence-electron chi connectivity index (χ2n) is 7.90. The standard InChI is InChI=1S/C25H25ClN6O2S/c1-32(2)15-23(33)27-16-7-6-8-18(13-16)35-31-25-24(28-20-9-4-5-10-21(20)29-25)30-22-14-17(34-3)11-12-19(22)26/h4-14H,15H2,1-3H3,(H,27,33)(H,28,30)(H,29,31). The Labute approximate surface area is 213 Å². The summed E-state index contributed by atoms with van der Waals surface area (Å²) in [4.78, 5) is 24.3. The molecule has 0 aliphatic rings. The first-order chi connectivity index (χ1) is 16.9. The number of aromatic nitrogens is 2. The monoisotopic (exact) mass is 508 g/mol. The quantitative estimate of drug-likeness (QED) is 0.250. The Bertz CT molecular complexity index is 1350. The van der Waals surface area contributed by atoms with Crippen molar-refractivity contribution in [2.24, 2.45) is 0 Å². The number of halogens is 1. The number of likely N-dealkylation sites (N-methyl/N-ethyl adjacent to an activating group) is 1. The molecule has 0 aliphatic heterocycles. The van der Waals surface area contributed by atoms with Crippen LogP contribution in [-0.2, 0) is 4.79 Å². The van der Waals surface area contributed by atoms with Crippen molar-refractivity contribution in [2.75, 3.05) is 43.1 Å². The smallest absolute Gasteiger partial charge is 0.238 e. The Kier molecular flexibility index (Phi) is 7.91. The van der Waals surface area contributed by atoms with E-state index in [4.69, 9.17) is 26.3 Å². The topological polar surface area (TPSA) is 91.4 Å². The van der Waals surface area contributed by atoms with E-state index in [1.165, 1.54) is 11.9 Å². The van der Waals surface area contributed by atoms with Gasteiger partial charge in [0.1, 0.15) is 5.75 Å². The van der Waals surface area contributed by atoms with Gasteiger partial charge in [0, 0.05) is 16.6 Å². The lowest BCUT2D eigenvalue weighted by molar-refractivity contribution is -0.116. The number of nitrogens with zero attached hydrogens (tertiary/aromatic N) is 3. The van der Waals surface area contributed by atoms with Crippen LogP contribution in [0.4, 0.5) is 23.0 Å². The first-order valence-electron chi connectivity index (χ1n) is 10.8. The highest BCUT2D eigenvalue weighted by atomic mass is 35.5. The zero-order valence-electron chi connectivity index (χ0n) is 19.5. The van der Waals surface area contributed by atoms with Gasteiger partial charge >= 0.3 is 0 Å². The molecule has 4 aromatic rings. The molecule has 0 unspecified atom stereocenters. The molecule has 3 aromatic carbocycles. The molecule has 35 heavy (non-hydrogen) atoms. The molecule has 0 aliphatic carbocycles. The molecule has 1 heterocycles. The Morgan fingerprint density at radius 1 is 1.00 bits per heavy atom. The van der Waals surface area contributed by atoms with Crippen molar-refractivity contribution in [1.82, 2.24) is 14.9 Å². The van der Waals surface area contributed by atoms with E-state index in [0.29, 0.717) is 34.6 Å². The number of carbonyl (C=O) groups excluding carboxylic acids is 1. The minimum absolute atomic E-state index is 0.0767. The summed E-state index contributed by atoms with van der Waals surface area (Å²) in [7, 11) is 5.30. The van der Waals surface area contributed by atoms with Gasteiger partial charge in [-0.1, -0.05) is 29.8 Å². The zero-order chi connectivity index (χ0) is 24.8. The number of benzene rings is 3. The van der Waals surface area contributed by atoms with Gasteiger partial charge < -0.3 is 25.0 Å². The number of para-hydroxylation sites is 2. The molecule has 0 atom stereocenters. The average Bonchev–Trinajstić information content (AvgIpc) is 2.83. The largest absolute Gasteiger partial charge is 0.497 e. The summed E-state index contributed by atoms with van der Waals surface area (Å²) < 4.78 is 8.61. The highest BCUT2D eigenvalue weighted by molar-refractivity contribution is 8.00. The summed E-state index contributed by atoms with van der Waals surface area (Å²) in [6.45, 7) is 0.310. The van der Waals surface area contributed by atoms with Crippen LogP contribution in [0.3, 0.4) is 0 Å². The number of methoxy groups -OCH3 is 1. The van der Waals surface area contributed by atoms with Crippen LogP contribution in [0.5, 0.6) is 5.75 Å². The first-order valence-corrected chi connectivity index (χ1v) is 12.0. The Morgan fingerprint density at radius 2 is 1.74 bits per heavy atom. The van der Waals surface area contributed by atoms with Crippen LogP contribution < -0.4 is 20.1 Å². The number of hydrogen-bond donors (Lipinski definition) is 3. The van der Waals surface area contributed by atoms with E-state index in [0.717, 1.165) is 21.6 Å². The number of ether oxygens (including phenoxy) is 1. The van der Waals surface area contributed by atoms with Crippen molar-refractivity contribution in [2.45, 2.75) is 4.90 Å². The molecule has 3 N–H and O–H groups in total. The van der Waals surface area contributed by atoms with E-state index in [1.54, 1.807) is 25.3 Å². The van der Waals surface area contributed by atoms with Crippen molar-refractivity contribution >= 4 is 63.5 Å². The predicted molar refractivity (Wildman–Crippen MR) is 144 cm³/mol. The van der Waals surface area contributed by atoms with Crippen molar-refractivity contribution in [3.05, 3.63) is 71.8 Å². The SMILES string of the molecule is COc1ccc(Cl)c(Nc2nc3ccccc3nc2NSc2cccc(NC(=O)CN(C)C)c2)c1. The van der Waals surface area contributed by atoms with E-state index >= 15 is 0 Å². The average molecular weight is 509 g/mol. The van der Waals surface area contributed by atoms with Gasteiger partial charge in [0.2, 0.25) is 5.91 Å². The third kappa shape index (κ3) is 6.54. The highest BCUT2D eigenvalue weighted by Gasteiger charge is 2.13. The maximum Gasteiger partial charge on any atom is 0.238 e. The third-order valence-corrected chi connectivity index (χ3v) is 5.95. The van der Waals surface area contributed by atoms with Gasteiger partial charge in [0.05, 0.1) is 35.4 Å². The van der Waals surface area contributed by atoms with E-state index in [-0.39, 0.29) is 5.91 Å². The van der Waals surface area contributed by atoms with Gasteiger partial charge in [-0.3, -0.25) is 4.79 Å². The highest BCUT2D eigenvalue weighted by Crippen LogP contribution is 2.33. The maximum atomic E-state index is 12.1. The zero-order valence-corrected chi connectivity index (χ0v) is 21.1. The lowest BCUT2D eigenvalue weighted by atomic mass is 10.3. The van der Waals surface area contributed by atoms with Crippen molar-refractivity contribution in [1.29, 1.82) is 0 Å². The van der Waals surface area contributed by atoms with Crippen LogP contribution >= 0.6 is 23.5 Å². The predicted octanol–water partition coefficient (Wildman–Crippen LogP) is 5.65. The van der Waals surface area contributed by atoms with Gasteiger partial charge in [-0.15, -0.1) is 0 Å². The van der Waals surface area contributed by atoms with E-state index in [9.17, 15) is 4.79 Å². The van der Waals surface area contributed by atoms with E-state index < -0.39 is 0 Å². The van der Waals surface area contributed by atoms with Gasteiger partial charge in [-0.2, -0.15) is 0 Å². The Balaban J connectivity index is 1.58. The van der Waals surface area contributed by atoms with Crippen LogP contribution in [0.1, 0.15) is 0 Å².